The molecule has 1 amide bonds. The van der Waals surface area contributed by atoms with Gasteiger partial charge in [-0.05, 0) is 39.7 Å². The largest absolute Gasteiger partial charge is 0.489 e. The maximum Gasteiger partial charge on any atom is 0.339 e. The molecule has 218 valence electrons. The number of hydrogen-bond donors (Lipinski definition) is 1. The van der Waals surface area contributed by atoms with E-state index < -0.39 is 17.2 Å². The van der Waals surface area contributed by atoms with Crippen LogP contribution < -0.4 is 15.7 Å². The van der Waals surface area contributed by atoms with Crippen LogP contribution in [0.2, 0.25) is 0 Å². The third kappa shape index (κ3) is 10.3. The molecule has 1 N–H and O–H groups in total. The maximum atomic E-state index is 13.3. The predicted molar refractivity (Wildman–Crippen MR) is 158 cm³/mol. The number of rotatable bonds is 15. The number of aliphatic imine (C=N–C) groups is 1. The van der Waals surface area contributed by atoms with Crippen LogP contribution in [0.4, 0.5) is 0 Å². The van der Waals surface area contributed by atoms with Crippen molar-refractivity contribution >= 4 is 40.8 Å². The van der Waals surface area contributed by atoms with Gasteiger partial charge >= 0.3 is 5.63 Å². The van der Waals surface area contributed by atoms with Gasteiger partial charge in [-0.3, -0.25) is 14.7 Å². The van der Waals surface area contributed by atoms with Crippen LogP contribution in [0.5, 0.6) is 5.75 Å². The molecular formula is C27H41ClN4O6S. The van der Waals surface area contributed by atoms with Crippen molar-refractivity contribution in [1.29, 1.82) is 0 Å². The Kier molecular flexibility index (Phi) is 14.1. The molecule has 0 aliphatic carbocycles. The predicted octanol–water partition coefficient (Wildman–Crippen LogP) is 3.99. The molecule has 0 saturated carbocycles. The second-order valence-corrected chi connectivity index (χ2v) is 10.5. The van der Waals surface area contributed by atoms with E-state index in [0.717, 1.165) is 52.1 Å². The molecule has 1 aromatic heterocycles. The van der Waals surface area contributed by atoms with E-state index in [1.165, 1.54) is 17.8 Å². The van der Waals surface area contributed by atoms with Crippen LogP contribution in [0.25, 0.3) is 0 Å². The summed E-state index contributed by atoms with van der Waals surface area (Å²) >= 11 is 1.48. The average molecular weight is 585 g/mol. The van der Waals surface area contributed by atoms with Crippen LogP contribution in [-0.2, 0) is 14.4 Å². The summed E-state index contributed by atoms with van der Waals surface area (Å²) in [4.78, 5) is 38.0. The summed E-state index contributed by atoms with van der Waals surface area (Å²) in [6.45, 7) is 14.7. The lowest BCUT2D eigenvalue weighted by Crippen LogP contribution is -2.45. The van der Waals surface area contributed by atoms with E-state index in [-0.39, 0.29) is 24.9 Å². The Morgan fingerprint density at radius 2 is 2.13 bits per heavy atom. The standard InChI is InChI=1S/C27H40N4O6S.ClH/c1-5-9-22(23-17-21(35-13-6-2)18-24(32)37-23)28-26(33)27(4)19-38-25(29-27)20(3)30-36-14-8-7-10-31-11-15-34-16-12-31;/h6,17-18,22H,2,5,7-16,19H2,1,3-4H3,(H,28,33);1H/b30-20+;/t22-,27+;/m1./s1. The summed E-state index contributed by atoms with van der Waals surface area (Å²) in [5, 5.41) is 7.94. The molecule has 3 heterocycles. The SMILES string of the molecule is C=CCOc1cc([C@@H](CCC)NC(=O)[C@]2(C)CSC(/C(C)=N/OCCCCN3CCOCC3)=N2)oc(=O)c1.Cl. The van der Waals surface area contributed by atoms with E-state index in [0.29, 0.717) is 41.0 Å². The Morgan fingerprint density at radius 1 is 1.36 bits per heavy atom. The zero-order chi connectivity index (χ0) is 27.4. The first kappa shape index (κ1) is 32.9. The lowest BCUT2D eigenvalue weighted by Gasteiger charge is -2.26. The van der Waals surface area contributed by atoms with Crippen molar-refractivity contribution in [3.8, 4) is 5.75 Å². The minimum Gasteiger partial charge on any atom is -0.489 e. The monoisotopic (exact) mass is 584 g/mol. The molecule has 3 rings (SSSR count). The van der Waals surface area contributed by atoms with E-state index >= 15 is 0 Å². The Balaban J connectivity index is 0.00000533. The number of ether oxygens (including phenoxy) is 2. The highest BCUT2D eigenvalue weighted by molar-refractivity contribution is 8.16. The van der Waals surface area contributed by atoms with E-state index in [2.05, 4.69) is 26.9 Å². The molecule has 10 nitrogen and oxygen atoms in total. The van der Waals surface area contributed by atoms with E-state index in [4.69, 9.17) is 18.7 Å². The molecule has 1 fully saturated rings. The van der Waals surface area contributed by atoms with Crippen molar-refractivity contribution in [3.63, 3.8) is 0 Å². The number of nitrogens with one attached hydrogen (secondary N) is 1. The van der Waals surface area contributed by atoms with Crippen molar-refractivity contribution < 1.29 is 23.5 Å². The second-order valence-electron chi connectivity index (χ2n) is 9.58. The van der Waals surface area contributed by atoms with Gasteiger partial charge in [0.1, 0.15) is 41.0 Å². The third-order valence-electron chi connectivity index (χ3n) is 6.26. The topological polar surface area (TPSA) is 115 Å². The van der Waals surface area contributed by atoms with Crippen LogP contribution >= 0.6 is 24.2 Å². The van der Waals surface area contributed by atoms with Crippen LogP contribution in [0.3, 0.4) is 0 Å². The molecule has 0 radical (unpaired) electrons. The van der Waals surface area contributed by atoms with Gasteiger partial charge in [0.2, 0.25) is 5.91 Å². The number of halogens is 1. The molecule has 2 aliphatic heterocycles. The fourth-order valence-electron chi connectivity index (χ4n) is 4.08. The van der Waals surface area contributed by atoms with Crippen molar-refractivity contribution in [1.82, 2.24) is 10.2 Å². The fraction of sp³-hybridized carbons (Fsp3) is 0.630. The van der Waals surface area contributed by atoms with Gasteiger partial charge in [-0.2, -0.15) is 0 Å². The summed E-state index contributed by atoms with van der Waals surface area (Å²) in [6.07, 6.45) is 4.94. The van der Waals surface area contributed by atoms with Crippen molar-refractivity contribution in [3.05, 3.63) is 41.0 Å². The number of carbonyl (C=O) groups is 1. The van der Waals surface area contributed by atoms with Crippen molar-refractivity contribution in [2.75, 3.05) is 51.8 Å². The molecule has 2 aliphatic rings. The summed E-state index contributed by atoms with van der Waals surface area (Å²) < 4.78 is 16.3. The number of nitrogens with zero attached hydrogens (tertiary/aromatic N) is 3. The van der Waals surface area contributed by atoms with Crippen LogP contribution in [-0.4, -0.2) is 78.9 Å². The highest BCUT2D eigenvalue weighted by Gasteiger charge is 2.40. The Bertz CT molecular complexity index is 1060. The summed E-state index contributed by atoms with van der Waals surface area (Å²) in [6, 6.07) is 2.43. The first-order chi connectivity index (χ1) is 18.3. The minimum absolute atomic E-state index is 0. The molecule has 0 aromatic carbocycles. The van der Waals surface area contributed by atoms with Gasteiger partial charge in [0.25, 0.3) is 0 Å². The minimum atomic E-state index is -0.974. The van der Waals surface area contributed by atoms with Gasteiger partial charge in [-0.25, -0.2) is 4.79 Å². The Labute approximate surface area is 241 Å². The molecule has 2 atom stereocenters. The molecule has 0 bridgehead atoms. The quantitative estimate of drug-likeness (QED) is 0.142. The zero-order valence-corrected chi connectivity index (χ0v) is 24.7. The smallest absolute Gasteiger partial charge is 0.339 e. The maximum absolute atomic E-state index is 13.3. The number of thioether (sulfide) groups is 1. The Morgan fingerprint density at radius 3 is 2.85 bits per heavy atom. The molecule has 1 saturated heterocycles. The number of morpholine rings is 1. The van der Waals surface area contributed by atoms with Gasteiger partial charge in [0.05, 0.1) is 25.3 Å². The van der Waals surface area contributed by atoms with Crippen molar-refractivity contribution in [2.45, 2.75) is 58.0 Å². The van der Waals surface area contributed by atoms with Gasteiger partial charge < -0.3 is 24.0 Å². The fourth-order valence-corrected chi connectivity index (χ4v) is 5.20. The van der Waals surface area contributed by atoms with E-state index in [9.17, 15) is 9.59 Å². The number of carbonyl (C=O) groups excluding carboxylic acids is 1. The van der Waals surface area contributed by atoms with Crippen LogP contribution in [0.1, 0.15) is 58.3 Å². The van der Waals surface area contributed by atoms with E-state index in [1.807, 2.05) is 13.8 Å². The van der Waals surface area contributed by atoms with Gasteiger partial charge in [-0.15, -0.1) is 24.2 Å². The molecular weight excluding hydrogens is 544 g/mol. The molecule has 39 heavy (non-hydrogen) atoms. The Hall–Kier alpha value is -2.34. The number of amides is 1. The highest BCUT2D eigenvalue weighted by Crippen LogP contribution is 2.30. The first-order valence-corrected chi connectivity index (χ1v) is 14.2. The second kappa shape index (κ2) is 16.7. The van der Waals surface area contributed by atoms with Gasteiger partial charge in [-0.1, -0.05) is 31.2 Å². The zero-order valence-electron chi connectivity index (χ0n) is 23.1. The van der Waals surface area contributed by atoms with Crippen LogP contribution in [0, 0.1) is 0 Å². The average Bonchev–Trinajstić information content (AvgIpc) is 3.33. The first-order valence-electron chi connectivity index (χ1n) is 13.2. The van der Waals surface area contributed by atoms with Crippen LogP contribution in [0.15, 0.2) is 44.1 Å². The van der Waals surface area contributed by atoms with Gasteiger partial charge in [0.15, 0.2) is 0 Å². The summed E-state index contributed by atoms with van der Waals surface area (Å²) in [5.74, 6) is 0.967. The third-order valence-corrected chi connectivity index (χ3v) is 7.63. The van der Waals surface area contributed by atoms with Gasteiger partial charge in [0, 0.05) is 24.9 Å². The highest BCUT2D eigenvalue weighted by atomic mass is 35.5. The van der Waals surface area contributed by atoms with E-state index in [1.54, 1.807) is 19.1 Å². The molecule has 1 aromatic rings. The molecule has 12 heteroatoms. The molecule has 0 spiro atoms. The number of oxime groups is 1. The lowest BCUT2D eigenvalue weighted by molar-refractivity contribution is -0.125. The van der Waals surface area contributed by atoms with Crippen molar-refractivity contribution in [2.24, 2.45) is 10.1 Å². The normalized spacial score (nSPS) is 20.5. The molecule has 0 unspecified atom stereocenters. The summed E-state index contributed by atoms with van der Waals surface area (Å²) in [5.41, 5.74) is -0.853. The lowest BCUT2D eigenvalue weighted by atomic mass is 10.0. The number of hydrogen-bond acceptors (Lipinski definition) is 10. The summed E-state index contributed by atoms with van der Waals surface area (Å²) in [7, 11) is 0. The number of unbranched alkanes of at least 4 members (excludes halogenated alkanes) is 1.